The minimum absolute atomic E-state index is 0.0470. The zero-order valence-corrected chi connectivity index (χ0v) is 18.0. The Labute approximate surface area is 175 Å². The molecule has 0 heterocycles. The highest BCUT2D eigenvalue weighted by atomic mass is 79.9. The van der Waals surface area contributed by atoms with E-state index in [-0.39, 0.29) is 5.41 Å². The van der Waals surface area contributed by atoms with Gasteiger partial charge in [0.15, 0.2) is 0 Å². The van der Waals surface area contributed by atoms with Crippen LogP contribution in [-0.2, 0) is 17.8 Å². The van der Waals surface area contributed by atoms with Crippen molar-refractivity contribution in [3.8, 4) is 5.75 Å². The minimum atomic E-state index is -0.0470. The topological polar surface area (TPSA) is 26.3 Å². The molecule has 2 saturated carbocycles. The van der Waals surface area contributed by atoms with Gasteiger partial charge in [0.2, 0.25) is 0 Å². The summed E-state index contributed by atoms with van der Waals surface area (Å²) in [6.07, 6.45) is 6.39. The summed E-state index contributed by atoms with van der Waals surface area (Å²) in [6.45, 7) is 2.84. The molecule has 4 atom stereocenters. The van der Waals surface area contributed by atoms with Crippen LogP contribution < -0.4 is 4.74 Å². The standard InChI is InChI=1S/C25H27BrO2/c1-25-14-13-18-17-9-11-22(28-15-16-5-3-2-4-6-16)24(26)20(17)8-7-19(18)21(25)10-12-23(25)27/h2-6,9,11,18-19,21H,7-8,10,12-15H2,1H3/t18-,19-,21+,25+/m1/s1. The third-order valence-electron chi connectivity index (χ3n) is 7.75. The molecule has 0 aliphatic heterocycles. The molecule has 3 aliphatic rings. The fraction of sp³-hybridized carbons (Fsp3) is 0.480. The van der Waals surface area contributed by atoms with E-state index in [4.69, 9.17) is 4.74 Å². The first-order valence-corrected chi connectivity index (χ1v) is 11.4. The predicted octanol–water partition coefficient (Wildman–Crippen LogP) is 6.45. The fourth-order valence-electron chi connectivity index (χ4n) is 6.22. The first kappa shape index (κ1) is 18.4. The fourth-order valence-corrected chi connectivity index (χ4v) is 6.89. The SMILES string of the molecule is C[C@]12CC[C@@H]3c4ccc(OCc5ccccc5)c(Br)c4CC[C@H]3[C@@H]1CCC2=O. The van der Waals surface area contributed by atoms with Crippen LogP contribution in [-0.4, -0.2) is 5.78 Å². The van der Waals surface area contributed by atoms with Crippen molar-refractivity contribution in [1.29, 1.82) is 0 Å². The first-order valence-electron chi connectivity index (χ1n) is 10.6. The summed E-state index contributed by atoms with van der Waals surface area (Å²) in [5.41, 5.74) is 4.07. The highest BCUT2D eigenvalue weighted by Crippen LogP contribution is 2.60. The molecular weight excluding hydrogens is 412 g/mol. The molecular formula is C25H27BrO2. The molecule has 0 bridgehead atoms. The van der Waals surface area contributed by atoms with Crippen molar-refractivity contribution in [2.75, 3.05) is 0 Å². The lowest BCUT2D eigenvalue weighted by atomic mass is 9.55. The van der Waals surface area contributed by atoms with Gasteiger partial charge in [-0.3, -0.25) is 4.79 Å². The van der Waals surface area contributed by atoms with Gasteiger partial charge < -0.3 is 4.74 Å². The highest BCUT2D eigenvalue weighted by molar-refractivity contribution is 9.10. The van der Waals surface area contributed by atoms with E-state index in [1.807, 2.05) is 18.2 Å². The number of Topliss-reactive ketones (excluding diaryl/α,β-unsaturated/α-hetero) is 1. The summed E-state index contributed by atoms with van der Waals surface area (Å²) >= 11 is 3.85. The van der Waals surface area contributed by atoms with Crippen LogP contribution in [0.15, 0.2) is 46.9 Å². The van der Waals surface area contributed by atoms with Gasteiger partial charge in [0.05, 0.1) is 4.47 Å². The van der Waals surface area contributed by atoms with Gasteiger partial charge >= 0.3 is 0 Å². The van der Waals surface area contributed by atoms with Gasteiger partial charge in [-0.05, 0) is 88.5 Å². The molecule has 0 radical (unpaired) electrons. The van der Waals surface area contributed by atoms with Crippen molar-refractivity contribution >= 4 is 21.7 Å². The molecule has 0 spiro atoms. The van der Waals surface area contributed by atoms with Crippen LogP contribution in [0.3, 0.4) is 0 Å². The quantitative estimate of drug-likeness (QED) is 0.549. The Balaban J connectivity index is 1.40. The Kier molecular flexibility index (Phi) is 4.62. The summed E-state index contributed by atoms with van der Waals surface area (Å²) in [5, 5.41) is 0. The Morgan fingerprint density at radius 1 is 1.07 bits per heavy atom. The Hall–Kier alpha value is -1.61. The first-order chi connectivity index (χ1) is 13.6. The van der Waals surface area contributed by atoms with Gasteiger partial charge in [0, 0.05) is 11.8 Å². The number of carbonyl (C=O) groups excluding carboxylic acids is 1. The number of hydrogen-bond acceptors (Lipinski definition) is 2. The molecule has 0 N–H and O–H groups in total. The molecule has 2 nitrogen and oxygen atoms in total. The van der Waals surface area contributed by atoms with Crippen LogP contribution in [0.5, 0.6) is 5.75 Å². The third-order valence-corrected chi connectivity index (χ3v) is 8.62. The zero-order chi connectivity index (χ0) is 19.3. The zero-order valence-electron chi connectivity index (χ0n) is 16.4. The van der Waals surface area contributed by atoms with Crippen LogP contribution in [0.1, 0.15) is 61.6 Å². The van der Waals surface area contributed by atoms with E-state index >= 15 is 0 Å². The van der Waals surface area contributed by atoms with Crippen molar-refractivity contribution < 1.29 is 9.53 Å². The number of rotatable bonds is 3. The number of hydrogen-bond donors (Lipinski definition) is 0. The second-order valence-corrected chi connectivity index (χ2v) is 9.85. The largest absolute Gasteiger partial charge is 0.488 e. The summed E-state index contributed by atoms with van der Waals surface area (Å²) < 4.78 is 7.27. The van der Waals surface area contributed by atoms with E-state index in [0.29, 0.717) is 30.1 Å². The van der Waals surface area contributed by atoms with Crippen molar-refractivity contribution in [2.45, 2.75) is 58.0 Å². The average Bonchev–Trinajstić information content (AvgIpc) is 3.03. The Morgan fingerprint density at radius 2 is 1.89 bits per heavy atom. The monoisotopic (exact) mass is 438 g/mol. The summed E-state index contributed by atoms with van der Waals surface area (Å²) in [5.74, 6) is 3.32. The van der Waals surface area contributed by atoms with Gasteiger partial charge in [-0.1, -0.05) is 43.3 Å². The molecule has 2 fully saturated rings. The van der Waals surface area contributed by atoms with E-state index in [0.717, 1.165) is 42.3 Å². The van der Waals surface area contributed by atoms with Crippen molar-refractivity contribution in [3.05, 3.63) is 63.6 Å². The van der Waals surface area contributed by atoms with Crippen LogP contribution in [0.2, 0.25) is 0 Å². The predicted molar refractivity (Wildman–Crippen MR) is 115 cm³/mol. The third kappa shape index (κ3) is 2.85. The van der Waals surface area contributed by atoms with E-state index in [1.165, 1.54) is 23.1 Å². The van der Waals surface area contributed by atoms with Gasteiger partial charge in [-0.2, -0.15) is 0 Å². The normalized spacial score (nSPS) is 31.1. The average molecular weight is 439 g/mol. The molecule has 0 saturated heterocycles. The molecule has 2 aromatic rings. The molecule has 146 valence electrons. The van der Waals surface area contributed by atoms with E-state index < -0.39 is 0 Å². The van der Waals surface area contributed by atoms with Crippen LogP contribution >= 0.6 is 15.9 Å². The maximum Gasteiger partial charge on any atom is 0.139 e. The van der Waals surface area contributed by atoms with Gasteiger partial charge in [-0.15, -0.1) is 0 Å². The molecule has 3 heteroatoms. The number of ether oxygens (including phenoxy) is 1. The minimum Gasteiger partial charge on any atom is -0.488 e. The number of carbonyl (C=O) groups is 1. The Morgan fingerprint density at radius 3 is 2.71 bits per heavy atom. The van der Waals surface area contributed by atoms with Gasteiger partial charge in [-0.25, -0.2) is 0 Å². The molecule has 0 aromatic heterocycles. The van der Waals surface area contributed by atoms with Crippen molar-refractivity contribution in [3.63, 3.8) is 0 Å². The maximum absolute atomic E-state index is 12.5. The summed E-state index contributed by atoms with van der Waals surface area (Å²) in [6, 6.07) is 14.8. The smallest absolute Gasteiger partial charge is 0.139 e. The lowest BCUT2D eigenvalue weighted by Gasteiger charge is -2.48. The second kappa shape index (κ2) is 7.02. The number of benzene rings is 2. The lowest BCUT2D eigenvalue weighted by Crippen LogP contribution is -2.42. The highest BCUT2D eigenvalue weighted by Gasteiger charge is 2.54. The summed E-state index contributed by atoms with van der Waals surface area (Å²) in [4.78, 5) is 12.5. The molecule has 3 aliphatic carbocycles. The van der Waals surface area contributed by atoms with E-state index in [1.54, 1.807) is 0 Å². The number of ketones is 1. The molecule has 28 heavy (non-hydrogen) atoms. The lowest BCUT2D eigenvalue weighted by molar-refractivity contribution is -0.129. The van der Waals surface area contributed by atoms with Crippen molar-refractivity contribution in [1.82, 2.24) is 0 Å². The molecule has 0 unspecified atom stereocenters. The van der Waals surface area contributed by atoms with Crippen LogP contribution in [0, 0.1) is 17.3 Å². The van der Waals surface area contributed by atoms with Crippen LogP contribution in [0.4, 0.5) is 0 Å². The molecule has 5 rings (SSSR count). The van der Waals surface area contributed by atoms with E-state index in [2.05, 4.69) is 47.1 Å². The van der Waals surface area contributed by atoms with Crippen molar-refractivity contribution in [2.24, 2.45) is 17.3 Å². The maximum atomic E-state index is 12.5. The van der Waals surface area contributed by atoms with E-state index in [9.17, 15) is 4.79 Å². The number of fused-ring (bicyclic) bond motifs is 5. The van der Waals surface area contributed by atoms with Gasteiger partial charge in [0.1, 0.15) is 18.1 Å². The molecule has 2 aromatic carbocycles. The summed E-state index contributed by atoms with van der Waals surface area (Å²) in [7, 11) is 0. The molecule has 0 amide bonds. The second-order valence-electron chi connectivity index (χ2n) is 9.05. The van der Waals surface area contributed by atoms with Crippen LogP contribution in [0.25, 0.3) is 0 Å². The number of halogens is 1. The van der Waals surface area contributed by atoms with Gasteiger partial charge in [0.25, 0.3) is 0 Å². The Bertz CT molecular complexity index is 906.